The Morgan fingerprint density at radius 1 is 1.07 bits per heavy atom. The first kappa shape index (κ1) is 28.4. The minimum absolute atomic E-state index is 0.235. The molecule has 210 valence electrons. The molecule has 0 aliphatic heterocycles. The molecule has 2 amide bonds. The fraction of sp³-hybridized carbons (Fsp3) is 0.333. The van der Waals surface area contributed by atoms with E-state index in [4.69, 9.17) is 19.4 Å². The maximum atomic E-state index is 12.2. The number of benzene rings is 2. The van der Waals surface area contributed by atoms with Crippen molar-refractivity contribution in [2.75, 3.05) is 26.5 Å². The number of anilines is 1. The number of carbonyl (C=O) groups is 2. The highest BCUT2D eigenvalue weighted by atomic mass is 16.5. The molecule has 0 aliphatic rings. The highest BCUT2D eigenvalue weighted by Crippen LogP contribution is 2.33. The van der Waals surface area contributed by atoms with Gasteiger partial charge in [0.2, 0.25) is 6.10 Å². The van der Waals surface area contributed by atoms with Crippen LogP contribution in [0.4, 0.5) is 10.5 Å². The number of rotatable bonds is 11. The number of aryl methyl sites for hydroxylation is 2. The second-order valence-electron chi connectivity index (χ2n) is 9.74. The Labute approximate surface area is 233 Å². The summed E-state index contributed by atoms with van der Waals surface area (Å²) in [5, 5.41) is 12.7. The lowest BCUT2D eigenvalue weighted by Gasteiger charge is -2.18. The van der Waals surface area contributed by atoms with Gasteiger partial charge in [0.05, 0.1) is 25.0 Å². The Kier molecular flexibility index (Phi) is 8.88. The summed E-state index contributed by atoms with van der Waals surface area (Å²) in [6.07, 6.45) is 1.60. The van der Waals surface area contributed by atoms with Gasteiger partial charge in [0.25, 0.3) is 0 Å². The highest BCUT2D eigenvalue weighted by molar-refractivity contribution is 5.91. The van der Waals surface area contributed by atoms with Crippen molar-refractivity contribution >= 4 is 28.9 Å². The lowest BCUT2D eigenvalue weighted by Crippen LogP contribution is -2.27. The Bertz CT molecular complexity index is 1500. The molecule has 2 N–H and O–H groups in total. The molecule has 2 aromatic carbocycles. The van der Waals surface area contributed by atoms with E-state index in [1.807, 2.05) is 31.2 Å². The predicted molar refractivity (Wildman–Crippen MR) is 153 cm³/mol. The van der Waals surface area contributed by atoms with Crippen LogP contribution in [0.25, 0.3) is 11.2 Å². The molecule has 0 saturated heterocycles. The van der Waals surface area contributed by atoms with Crippen molar-refractivity contribution in [2.45, 2.75) is 45.8 Å². The number of amides is 2. The van der Waals surface area contributed by atoms with Crippen LogP contribution < -0.4 is 14.8 Å². The molecule has 10 nitrogen and oxygen atoms in total. The minimum Gasteiger partial charge on any atom is -0.493 e. The van der Waals surface area contributed by atoms with Crippen LogP contribution in [0.15, 0.2) is 54.6 Å². The molecule has 4 rings (SSSR count). The maximum absolute atomic E-state index is 12.2. The fourth-order valence-electron chi connectivity index (χ4n) is 4.34. The van der Waals surface area contributed by atoms with Crippen LogP contribution in [0.3, 0.4) is 0 Å². The zero-order chi connectivity index (χ0) is 28.8. The fourth-order valence-corrected chi connectivity index (χ4v) is 4.34. The second-order valence-corrected chi connectivity index (χ2v) is 9.74. The van der Waals surface area contributed by atoms with Crippen molar-refractivity contribution in [3.8, 4) is 11.5 Å². The van der Waals surface area contributed by atoms with Crippen LogP contribution >= 0.6 is 0 Å². The van der Waals surface area contributed by atoms with E-state index in [2.05, 4.69) is 16.8 Å². The third-order valence-electron chi connectivity index (χ3n) is 6.53. The van der Waals surface area contributed by atoms with Crippen LogP contribution in [0.2, 0.25) is 0 Å². The van der Waals surface area contributed by atoms with E-state index < -0.39 is 12.1 Å². The Balaban J connectivity index is 1.67. The molecule has 0 radical (unpaired) electrons. The zero-order valence-electron chi connectivity index (χ0n) is 23.5. The van der Waals surface area contributed by atoms with Crippen molar-refractivity contribution in [3.63, 3.8) is 0 Å². The molecule has 0 fully saturated rings. The number of hydrogen-bond acceptors (Lipinski definition) is 6. The number of aliphatic carboxylic acids is 1. The van der Waals surface area contributed by atoms with Gasteiger partial charge in [-0.1, -0.05) is 49.7 Å². The van der Waals surface area contributed by atoms with E-state index in [-0.39, 0.29) is 6.03 Å². The SMILES string of the molecule is CCCCc1nc2cc(NC(=O)N(C)C)c(C)nc2n1Cc1ccc(OC(C(=O)O)c2ccccc2)c(OC)c1. The molecular formula is C30H35N5O5. The second kappa shape index (κ2) is 12.5. The Morgan fingerprint density at radius 3 is 2.48 bits per heavy atom. The van der Waals surface area contributed by atoms with E-state index in [9.17, 15) is 14.7 Å². The van der Waals surface area contributed by atoms with E-state index in [0.717, 1.165) is 36.3 Å². The number of carbonyl (C=O) groups excluding carboxylic acids is 1. The van der Waals surface area contributed by atoms with Crippen LogP contribution in [0.5, 0.6) is 11.5 Å². The number of carboxylic acid groups (broad SMARTS) is 1. The molecular weight excluding hydrogens is 510 g/mol. The number of hydrogen-bond donors (Lipinski definition) is 2. The molecule has 0 aliphatic carbocycles. The molecule has 1 atom stereocenters. The normalized spacial score (nSPS) is 11.7. The number of carboxylic acids is 1. The number of urea groups is 1. The van der Waals surface area contributed by atoms with Gasteiger partial charge in [-0.2, -0.15) is 0 Å². The van der Waals surface area contributed by atoms with Crippen molar-refractivity contribution in [1.29, 1.82) is 0 Å². The van der Waals surface area contributed by atoms with Gasteiger partial charge in [-0.15, -0.1) is 0 Å². The first-order valence-corrected chi connectivity index (χ1v) is 13.2. The van der Waals surface area contributed by atoms with Gasteiger partial charge in [-0.25, -0.2) is 19.6 Å². The summed E-state index contributed by atoms with van der Waals surface area (Å²) >= 11 is 0. The molecule has 0 saturated carbocycles. The Hall–Kier alpha value is -4.60. The quantitative estimate of drug-likeness (QED) is 0.258. The molecule has 0 spiro atoms. The van der Waals surface area contributed by atoms with Gasteiger partial charge in [-0.3, -0.25) is 0 Å². The number of aromatic nitrogens is 3. The molecule has 2 aromatic heterocycles. The average Bonchev–Trinajstić information content (AvgIpc) is 3.26. The largest absolute Gasteiger partial charge is 0.493 e. The number of imidazole rings is 1. The molecule has 40 heavy (non-hydrogen) atoms. The van der Waals surface area contributed by atoms with Crippen molar-refractivity contribution in [3.05, 3.63) is 77.2 Å². The van der Waals surface area contributed by atoms with E-state index in [1.165, 1.54) is 12.0 Å². The average molecular weight is 546 g/mol. The maximum Gasteiger partial charge on any atom is 0.349 e. The van der Waals surface area contributed by atoms with E-state index >= 15 is 0 Å². The lowest BCUT2D eigenvalue weighted by molar-refractivity contribution is -0.145. The Morgan fingerprint density at radius 2 is 1.82 bits per heavy atom. The summed E-state index contributed by atoms with van der Waals surface area (Å²) in [6.45, 7) is 4.46. The molecule has 2 heterocycles. The summed E-state index contributed by atoms with van der Waals surface area (Å²) in [6, 6.07) is 15.9. The van der Waals surface area contributed by atoms with Gasteiger partial charge in [0, 0.05) is 26.1 Å². The van der Waals surface area contributed by atoms with Crippen molar-refractivity contribution in [2.24, 2.45) is 0 Å². The summed E-state index contributed by atoms with van der Waals surface area (Å²) in [5.41, 5.74) is 4.18. The van der Waals surface area contributed by atoms with Crippen molar-refractivity contribution < 1.29 is 24.2 Å². The summed E-state index contributed by atoms with van der Waals surface area (Å²) < 4.78 is 13.6. The van der Waals surface area contributed by atoms with E-state index in [1.54, 1.807) is 44.4 Å². The van der Waals surface area contributed by atoms with Crippen LogP contribution in [-0.4, -0.2) is 57.7 Å². The van der Waals surface area contributed by atoms with Crippen LogP contribution in [-0.2, 0) is 17.8 Å². The van der Waals surface area contributed by atoms with Crippen molar-refractivity contribution in [1.82, 2.24) is 19.4 Å². The minimum atomic E-state index is -1.17. The smallest absolute Gasteiger partial charge is 0.349 e. The summed E-state index contributed by atoms with van der Waals surface area (Å²) in [7, 11) is 4.89. The summed E-state index contributed by atoms with van der Waals surface area (Å²) in [4.78, 5) is 35.3. The number of methoxy groups -OCH3 is 1. The lowest BCUT2D eigenvalue weighted by atomic mass is 10.1. The number of fused-ring (bicyclic) bond motifs is 1. The van der Waals surface area contributed by atoms with Gasteiger partial charge < -0.3 is 29.4 Å². The number of unbranched alkanes of at least 4 members (excludes halogenated alkanes) is 1. The zero-order valence-corrected chi connectivity index (χ0v) is 23.5. The number of nitrogens with zero attached hydrogens (tertiary/aromatic N) is 4. The molecule has 1 unspecified atom stereocenters. The van der Waals surface area contributed by atoms with Gasteiger partial charge in [-0.05, 0) is 37.1 Å². The van der Waals surface area contributed by atoms with Gasteiger partial charge >= 0.3 is 12.0 Å². The standard InChI is InChI=1S/C30H35N5O5/c1-6-7-13-26-32-23-17-22(33-30(38)34(3)4)19(2)31-28(23)35(26)18-20-14-15-24(25(16-20)39-5)40-27(29(36)37)21-11-9-8-10-12-21/h8-12,14-17,27H,6-7,13,18H2,1-5H3,(H,33,38)(H,36,37). The number of nitrogens with one attached hydrogen (secondary N) is 1. The first-order valence-electron chi connectivity index (χ1n) is 13.2. The topological polar surface area (TPSA) is 119 Å². The number of pyridine rings is 1. The third kappa shape index (κ3) is 6.33. The van der Waals surface area contributed by atoms with Gasteiger partial charge in [0.1, 0.15) is 11.3 Å². The van der Waals surface area contributed by atoms with Gasteiger partial charge in [0.15, 0.2) is 17.1 Å². The van der Waals surface area contributed by atoms with Crippen LogP contribution in [0, 0.1) is 6.92 Å². The predicted octanol–water partition coefficient (Wildman–Crippen LogP) is 5.44. The van der Waals surface area contributed by atoms with E-state index in [0.29, 0.717) is 40.5 Å². The number of ether oxygens (including phenoxy) is 2. The molecule has 10 heteroatoms. The summed E-state index contributed by atoms with van der Waals surface area (Å²) in [5.74, 6) is 0.566. The molecule has 4 aromatic rings. The monoisotopic (exact) mass is 545 g/mol. The van der Waals surface area contributed by atoms with Crippen LogP contribution in [0.1, 0.15) is 48.5 Å². The first-order chi connectivity index (χ1) is 19.2. The highest BCUT2D eigenvalue weighted by Gasteiger charge is 2.24. The third-order valence-corrected chi connectivity index (χ3v) is 6.53. The molecule has 0 bridgehead atoms.